The first-order chi connectivity index (χ1) is 6.77. The molecule has 1 N–H and O–H groups in total. The van der Waals surface area contributed by atoms with E-state index in [4.69, 9.17) is 0 Å². The summed E-state index contributed by atoms with van der Waals surface area (Å²) in [5.74, 6) is 0.984. The highest BCUT2D eigenvalue weighted by Crippen LogP contribution is 2.36. The highest BCUT2D eigenvalue weighted by atomic mass is 16.3. The molecule has 2 heteroatoms. The molecule has 0 bridgehead atoms. The van der Waals surface area contributed by atoms with E-state index in [0.29, 0.717) is 0 Å². The van der Waals surface area contributed by atoms with Crippen molar-refractivity contribution in [3.05, 3.63) is 0 Å². The third-order valence-electron chi connectivity index (χ3n) is 3.94. The van der Waals surface area contributed by atoms with E-state index in [1.54, 1.807) is 0 Å². The Morgan fingerprint density at radius 2 is 2.07 bits per heavy atom. The van der Waals surface area contributed by atoms with E-state index in [-0.39, 0.29) is 6.10 Å². The van der Waals surface area contributed by atoms with Crippen molar-refractivity contribution in [2.24, 2.45) is 5.92 Å². The van der Waals surface area contributed by atoms with Gasteiger partial charge in [0.05, 0.1) is 6.10 Å². The molecule has 1 aliphatic heterocycles. The highest BCUT2D eigenvalue weighted by molar-refractivity contribution is 4.89. The van der Waals surface area contributed by atoms with Gasteiger partial charge in [-0.1, -0.05) is 6.42 Å². The zero-order valence-electron chi connectivity index (χ0n) is 9.28. The minimum atomic E-state index is -0.128. The average molecular weight is 197 g/mol. The second kappa shape index (κ2) is 4.63. The molecule has 0 aromatic heterocycles. The van der Waals surface area contributed by atoms with Gasteiger partial charge in [0, 0.05) is 12.6 Å². The van der Waals surface area contributed by atoms with Crippen molar-refractivity contribution >= 4 is 0 Å². The summed E-state index contributed by atoms with van der Waals surface area (Å²) in [5, 5.41) is 9.30. The Bertz CT molecular complexity index is 181. The molecule has 0 radical (unpaired) electrons. The monoisotopic (exact) mass is 197 g/mol. The predicted octanol–water partition coefficient (Wildman–Crippen LogP) is 2.02. The fourth-order valence-corrected chi connectivity index (χ4v) is 3.19. The van der Waals surface area contributed by atoms with Crippen LogP contribution in [0.15, 0.2) is 0 Å². The van der Waals surface area contributed by atoms with Crippen molar-refractivity contribution in [3.8, 4) is 0 Å². The van der Waals surface area contributed by atoms with E-state index in [1.165, 1.54) is 38.6 Å². The molecule has 2 aliphatic rings. The molecule has 3 unspecified atom stereocenters. The standard InChI is InChI=1S/C12H23NO/c1-10(14)7-9-13-8-3-5-11-4-2-6-12(11)13/h10-12,14H,2-9H2,1H3. The lowest BCUT2D eigenvalue weighted by atomic mass is 9.92. The van der Waals surface area contributed by atoms with Gasteiger partial charge < -0.3 is 10.0 Å². The molecule has 14 heavy (non-hydrogen) atoms. The zero-order chi connectivity index (χ0) is 9.97. The normalized spacial score (nSPS) is 35.6. The summed E-state index contributed by atoms with van der Waals surface area (Å²) in [6.07, 6.45) is 7.94. The van der Waals surface area contributed by atoms with Crippen molar-refractivity contribution in [1.82, 2.24) is 4.90 Å². The molecular weight excluding hydrogens is 174 g/mol. The molecule has 0 amide bonds. The third-order valence-corrected chi connectivity index (χ3v) is 3.94. The molecule has 2 rings (SSSR count). The molecule has 3 atom stereocenters. The van der Waals surface area contributed by atoms with Gasteiger partial charge in [0.25, 0.3) is 0 Å². The van der Waals surface area contributed by atoms with Gasteiger partial charge in [-0.25, -0.2) is 0 Å². The summed E-state index contributed by atoms with van der Waals surface area (Å²) < 4.78 is 0. The fraction of sp³-hybridized carbons (Fsp3) is 1.00. The van der Waals surface area contributed by atoms with Crippen molar-refractivity contribution in [3.63, 3.8) is 0 Å². The molecule has 0 aromatic carbocycles. The largest absolute Gasteiger partial charge is 0.393 e. The number of piperidine rings is 1. The van der Waals surface area contributed by atoms with Crippen molar-refractivity contribution < 1.29 is 5.11 Å². The van der Waals surface area contributed by atoms with Gasteiger partial charge >= 0.3 is 0 Å². The van der Waals surface area contributed by atoms with Crippen LogP contribution >= 0.6 is 0 Å². The Labute approximate surface area is 87.3 Å². The summed E-state index contributed by atoms with van der Waals surface area (Å²) in [6.45, 7) is 4.28. The van der Waals surface area contributed by atoms with Gasteiger partial charge in [-0.3, -0.25) is 0 Å². The van der Waals surface area contributed by atoms with Gasteiger partial charge in [-0.15, -0.1) is 0 Å². The first kappa shape index (κ1) is 10.4. The van der Waals surface area contributed by atoms with Gasteiger partial charge in [-0.2, -0.15) is 0 Å². The first-order valence-corrected chi connectivity index (χ1v) is 6.19. The Morgan fingerprint density at radius 3 is 2.86 bits per heavy atom. The molecule has 0 spiro atoms. The van der Waals surface area contributed by atoms with E-state index in [1.807, 2.05) is 6.92 Å². The number of hydrogen-bond donors (Lipinski definition) is 1. The van der Waals surface area contributed by atoms with Crippen LogP contribution in [0.2, 0.25) is 0 Å². The topological polar surface area (TPSA) is 23.5 Å². The van der Waals surface area contributed by atoms with E-state index >= 15 is 0 Å². The molecule has 0 aromatic rings. The number of nitrogens with zero attached hydrogens (tertiary/aromatic N) is 1. The maximum Gasteiger partial charge on any atom is 0.0524 e. The Balaban J connectivity index is 1.84. The van der Waals surface area contributed by atoms with Crippen LogP contribution in [0.25, 0.3) is 0 Å². The Kier molecular flexibility index (Phi) is 3.45. The molecule has 1 saturated carbocycles. The van der Waals surface area contributed by atoms with Crippen molar-refractivity contribution in [2.45, 2.75) is 57.6 Å². The van der Waals surface area contributed by atoms with Crippen LogP contribution < -0.4 is 0 Å². The number of likely N-dealkylation sites (tertiary alicyclic amines) is 1. The lowest BCUT2D eigenvalue weighted by molar-refractivity contribution is 0.0885. The number of aliphatic hydroxyl groups excluding tert-OH is 1. The van der Waals surface area contributed by atoms with Gasteiger partial charge in [-0.05, 0) is 51.5 Å². The molecular formula is C12H23NO. The highest BCUT2D eigenvalue weighted by Gasteiger charge is 2.34. The molecule has 2 fully saturated rings. The fourth-order valence-electron chi connectivity index (χ4n) is 3.19. The summed E-state index contributed by atoms with van der Waals surface area (Å²) in [6, 6.07) is 0.863. The molecule has 1 heterocycles. The first-order valence-electron chi connectivity index (χ1n) is 6.19. The second-order valence-corrected chi connectivity index (χ2v) is 5.07. The van der Waals surface area contributed by atoms with Crippen molar-refractivity contribution in [1.29, 1.82) is 0 Å². The smallest absolute Gasteiger partial charge is 0.0524 e. The molecule has 2 nitrogen and oxygen atoms in total. The van der Waals surface area contributed by atoms with Crippen LogP contribution in [0.5, 0.6) is 0 Å². The second-order valence-electron chi connectivity index (χ2n) is 5.07. The number of fused-ring (bicyclic) bond motifs is 1. The average Bonchev–Trinajstić information content (AvgIpc) is 2.62. The predicted molar refractivity (Wildman–Crippen MR) is 58.2 cm³/mol. The SMILES string of the molecule is CC(O)CCN1CCCC2CCCC21. The zero-order valence-corrected chi connectivity index (χ0v) is 9.28. The van der Waals surface area contributed by atoms with Gasteiger partial charge in [0.1, 0.15) is 0 Å². The molecule has 1 saturated heterocycles. The van der Waals surface area contributed by atoms with E-state index in [2.05, 4.69) is 4.90 Å². The van der Waals surface area contributed by atoms with Gasteiger partial charge in [0.15, 0.2) is 0 Å². The van der Waals surface area contributed by atoms with E-state index < -0.39 is 0 Å². The van der Waals surface area contributed by atoms with Crippen LogP contribution in [-0.2, 0) is 0 Å². The maximum atomic E-state index is 9.30. The lowest BCUT2D eigenvalue weighted by Crippen LogP contribution is -2.43. The minimum absolute atomic E-state index is 0.128. The summed E-state index contributed by atoms with van der Waals surface area (Å²) in [4.78, 5) is 2.63. The van der Waals surface area contributed by atoms with E-state index in [9.17, 15) is 5.11 Å². The maximum absolute atomic E-state index is 9.30. The summed E-state index contributed by atoms with van der Waals surface area (Å²) in [5.41, 5.74) is 0. The van der Waals surface area contributed by atoms with Crippen LogP contribution in [-0.4, -0.2) is 35.2 Å². The van der Waals surface area contributed by atoms with Crippen LogP contribution in [0, 0.1) is 5.92 Å². The molecule has 1 aliphatic carbocycles. The number of hydrogen-bond acceptors (Lipinski definition) is 2. The van der Waals surface area contributed by atoms with Crippen LogP contribution in [0.4, 0.5) is 0 Å². The quantitative estimate of drug-likeness (QED) is 0.748. The van der Waals surface area contributed by atoms with E-state index in [0.717, 1.165) is 24.9 Å². The summed E-state index contributed by atoms with van der Waals surface area (Å²) >= 11 is 0. The number of aliphatic hydroxyl groups is 1. The third kappa shape index (κ3) is 2.29. The summed E-state index contributed by atoms with van der Waals surface area (Å²) in [7, 11) is 0. The van der Waals surface area contributed by atoms with Crippen molar-refractivity contribution in [2.75, 3.05) is 13.1 Å². The Morgan fingerprint density at radius 1 is 1.29 bits per heavy atom. The van der Waals surface area contributed by atoms with Crippen LogP contribution in [0.1, 0.15) is 45.4 Å². The molecule has 82 valence electrons. The minimum Gasteiger partial charge on any atom is -0.393 e. The number of rotatable bonds is 3. The van der Waals surface area contributed by atoms with Crippen LogP contribution in [0.3, 0.4) is 0 Å². The lowest BCUT2D eigenvalue weighted by Gasteiger charge is -2.38. The Hall–Kier alpha value is -0.0800. The van der Waals surface area contributed by atoms with Gasteiger partial charge in [0.2, 0.25) is 0 Å².